The molecule has 1 aliphatic rings. The first-order valence-electron chi connectivity index (χ1n) is 8.48. The standard InChI is InChI=1S/C19H23N3O2S/c1-12-14(18(24)21-19(20-12)25-3)9-11-17(23)22(2)16-10-8-13-6-4-5-7-15(13)16/h4-7,16H,8-11H2,1-3H3,(H,20,21,24). The number of benzene rings is 1. The number of hydrogen-bond acceptors (Lipinski definition) is 4. The van der Waals surface area contributed by atoms with Gasteiger partial charge in [-0.15, -0.1) is 0 Å². The molecule has 1 heterocycles. The van der Waals surface area contributed by atoms with Gasteiger partial charge in [0.2, 0.25) is 5.91 Å². The predicted octanol–water partition coefficient (Wildman–Crippen LogP) is 2.88. The number of nitrogens with zero attached hydrogens (tertiary/aromatic N) is 2. The molecule has 1 unspecified atom stereocenters. The van der Waals surface area contributed by atoms with E-state index in [0.29, 0.717) is 29.3 Å². The van der Waals surface area contributed by atoms with E-state index in [0.717, 1.165) is 12.8 Å². The highest BCUT2D eigenvalue weighted by molar-refractivity contribution is 7.98. The molecular formula is C19H23N3O2S. The van der Waals surface area contributed by atoms with Crippen molar-refractivity contribution < 1.29 is 4.79 Å². The van der Waals surface area contributed by atoms with Gasteiger partial charge in [-0.3, -0.25) is 9.59 Å². The van der Waals surface area contributed by atoms with Crippen LogP contribution in [0, 0.1) is 6.92 Å². The highest BCUT2D eigenvalue weighted by Gasteiger charge is 2.28. The van der Waals surface area contributed by atoms with Gasteiger partial charge in [0.05, 0.1) is 6.04 Å². The summed E-state index contributed by atoms with van der Waals surface area (Å²) in [6, 6.07) is 8.45. The summed E-state index contributed by atoms with van der Waals surface area (Å²) in [5.41, 5.74) is 3.74. The van der Waals surface area contributed by atoms with Gasteiger partial charge < -0.3 is 9.88 Å². The summed E-state index contributed by atoms with van der Waals surface area (Å²) in [6.07, 6.45) is 4.58. The number of fused-ring (bicyclic) bond motifs is 1. The lowest BCUT2D eigenvalue weighted by atomic mass is 10.1. The maximum absolute atomic E-state index is 12.6. The van der Waals surface area contributed by atoms with Crippen LogP contribution in [0.2, 0.25) is 0 Å². The number of aromatic amines is 1. The van der Waals surface area contributed by atoms with Crippen molar-refractivity contribution in [2.24, 2.45) is 0 Å². The monoisotopic (exact) mass is 357 g/mol. The summed E-state index contributed by atoms with van der Waals surface area (Å²) < 4.78 is 0. The number of aromatic nitrogens is 2. The van der Waals surface area contributed by atoms with Gasteiger partial charge in [-0.05, 0) is 43.6 Å². The molecule has 0 aliphatic heterocycles. The molecule has 1 amide bonds. The summed E-state index contributed by atoms with van der Waals surface area (Å²) >= 11 is 1.40. The van der Waals surface area contributed by atoms with Gasteiger partial charge in [0, 0.05) is 24.7 Å². The van der Waals surface area contributed by atoms with Crippen LogP contribution < -0.4 is 5.56 Å². The van der Waals surface area contributed by atoms with Crippen molar-refractivity contribution in [3.05, 3.63) is 57.0 Å². The molecule has 0 saturated heterocycles. The third-order valence-corrected chi connectivity index (χ3v) is 5.52. The van der Waals surface area contributed by atoms with Crippen LogP contribution in [0.4, 0.5) is 0 Å². The summed E-state index contributed by atoms with van der Waals surface area (Å²) in [5, 5.41) is 0.609. The fourth-order valence-corrected chi connectivity index (χ4v) is 3.92. The van der Waals surface area contributed by atoms with Crippen molar-refractivity contribution >= 4 is 17.7 Å². The van der Waals surface area contributed by atoms with E-state index in [-0.39, 0.29) is 17.5 Å². The number of thioether (sulfide) groups is 1. The van der Waals surface area contributed by atoms with Crippen LogP contribution in [-0.2, 0) is 17.6 Å². The minimum absolute atomic E-state index is 0.0643. The lowest BCUT2D eigenvalue weighted by Gasteiger charge is -2.25. The number of rotatable bonds is 5. The van der Waals surface area contributed by atoms with Gasteiger partial charge in [-0.25, -0.2) is 4.98 Å². The quantitative estimate of drug-likeness (QED) is 0.660. The van der Waals surface area contributed by atoms with Gasteiger partial charge in [-0.1, -0.05) is 36.0 Å². The second-order valence-corrected chi connectivity index (χ2v) is 7.19. The number of amides is 1. The van der Waals surface area contributed by atoms with Crippen LogP contribution >= 0.6 is 11.8 Å². The average molecular weight is 357 g/mol. The maximum Gasteiger partial charge on any atom is 0.254 e. The van der Waals surface area contributed by atoms with Gasteiger partial charge in [-0.2, -0.15) is 0 Å². The van der Waals surface area contributed by atoms with Gasteiger partial charge in [0.15, 0.2) is 5.16 Å². The summed E-state index contributed by atoms with van der Waals surface area (Å²) in [5.74, 6) is 0.0643. The largest absolute Gasteiger partial charge is 0.339 e. The highest BCUT2D eigenvalue weighted by atomic mass is 32.2. The zero-order valence-electron chi connectivity index (χ0n) is 14.8. The molecule has 0 spiro atoms. The Morgan fingerprint density at radius 3 is 2.88 bits per heavy atom. The van der Waals surface area contributed by atoms with Gasteiger partial charge in [0.25, 0.3) is 5.56 Å². The van der Waals surface area contributed by atoms with E-state index in [1.165, 1.54) is 22.9 Å². The fraction of sp³-hybridized carbons (Fsp3) is 0.421. The Kier molecular flexibility index (Phi) is 5.27. The van der Waals surface area contributed by atoms with Crippen LogP contribution in [0.3, 0.4) is 0 Å². The fourth-order valence-electron chi connectivity index (χ4n) is 3.49. The van der Waals surface area contributed by atoms with E-state index >= 15 is 0 Å². The van der Waals surface area contributed by atoms with Crippen LogP contribution in [0.15, 0.2) is 34.2 Å². The molecule has 25 heavy (non-hydrogen) atoms. The van der Waals surface area contributed by atoms with E-state index in [4.69, 9.17) is 0 Å². The molecule has 1 N–H and O–H groups in total. The Labute approximate surface area is 151 Å². The summed E-state index contributed by atoms with van der Waals surface area (Å²) in [7, 11) is 1.86. The minimum Gasteiger partial charge on any atom is -0.339 e. The second-order valence-electron chi connectivity index (χ2n) is 6.40. The van der Waals surface area contributed by atoms with Crippen LogP contribution in [0.1, 0.15) is 41.3 Å². The van der Waals surface area contributed by atoms with E-state index in [2.05, 4.69) is 22.1 Å². The average Bonchev–Trinajstić information content (AvgIpc) is 3.04. The number of H-pyrrole nitrogens is 1. The molecule has 132 valence electrons. The SMILES string of the molecule is CSc1nc(C)c(CCC(=O)N(C)C2CCc3ccccc32)c(=O)[nH]1. The molecule has 0 fully saturated rings. The molecule has 3 rings (SSSR count). The number of nitrogens with one attached hydrogen (secondary N) is 1. The molecule has 5 nitrogen and oxygen atoms in total. The van der Waals surface area contributed by atoms with Crippen LogP contribution in [0.5, 0.6) is 0 Å². The summed E-state index contributed by atoms with van der Waals surface area (Å²) in [6.45, 7) is 1.83. The highest BCUT2D eigenvalue weighted by Crippen LogP contribution is 2.35. The first-order valence-corrected chi connectivity index (χ1v) is 9.71. The van der Waals surface area contributed by atoms with Crippen molar-refractivity contribution in [1.29, 1.82) is 0 Å². The van der Waals surface area contributed by atoms with Crippen LogP contribution in [0.25, 0.3) is 0 Å². The number of aryl methyl sites for hydroxylation is 2. The van der Waals surface area contributed by atoms with E-state index in [1.807, 2.05) is 37.3 Å². The van der Waals surface area contributed by atoms with Gasteiger partial charge in [0.1, 0.15) is 0 Å². The zero-order chi connectivity index (χ0) is 18.0. The third kappa shape index (κ3) is 3.63. The lowest BCUT2D eigenvalue weighted by Crippen LogP contribution is -2.31. The zero-order valence-corrected chi connectivity index (χ0v) is 15.7. The smallest absolute Gasteiger partial charge is 0.254 e. The first-order chi connectivity index (χ1) is 12.0. The third-order valence-electron chi connectivity index (χ3n) is 4.94. The maximum atomic E-state index is 12.6. The molecular weight excluding hydrogens is 334 g/mol. The Morgan fingerprint density at radius 1 is 1.40 bits per heavy atom. The number of carbonyl (C=O) groups excluding carboxylic acids is 1. The van der Waals surface area contributed by atoms with Crippen molar-refractivity contribution in [3.8, 4) is 0 Å². The Balaban J connectivity index is 1.69. The normalized spacial score (nSPS) is 15.9. The molecule has 1 atom stereocenters. The first kappa shape index (κ1) is 17.7. The summed E-state index contributed by atoms with van der Waals surface area (Å²) in [4.78, 5) is 33.8. The van der Waals surface area contributed by atoms with Crippen molar-refractivity contribution in [2.45, 2.75) is 43.8 Å². The molecule has 1 aromatic heterocycles. The molecule has 0 saturated carbocycles. The molecule has 6 heteroatoms. The number of carbonyl (C=O) groups is 1. The number of hydrogen-bond donors (Lipinski definition) is 1. The van der Waals surface area contributed by atoms with Crippen molar-refractivity contribution in [3.63, 3.8) is 0 Å². The van der Waals surface area contributed by atoms with Gasteiger partial charge >= 0.3 is 0 Å². The van der Waals surface area contributed by atoms with E-state index in [9.17, 15) is 9.59 Å². The predicted molar refractivity (Wildman–Crippen MR) is 100.0 cm³/mol. The molecule has 0 radical (unpaired) electrons. The molecule has 0 bridgehead atoms. The molecule has 1 aliphatic carbocycles. The Hall–Kier alpha value is -2.08. The minimum atomic E-state index is -0.140. The second kappa shape index (κ2) is 7.44. The Bertz CT molecular complexity index is 847. The van der Waals surface area contributed by atoms with Crippen molar-refractivity contribution in [1.82, 2.24) is 14.9 Å². The van der Waals surface area contributed by atoms with E-state index in [1.54, 1.807) is 0 Å². The molecule has 1 aromatic carbocycles. The lowest BCUT2D eigenvalue weighted by molar-refractivity contribution is -0.132. The van der Waals surface area contributed by atoms with E-state index < -0.39 is 0 Å². The molecule has 2 aromatic rings. The van der Waals surface area contributed by atoms with Crippen molar-refractivity contribution in [2.75, 3.05) is 13.3 Å². The topological polar surface area (TPSA) is 66.1 Å². The Morgan fingerprint density at radius 2 is 2.16 bits per heavy atom. The van der Waals surface area contributed by atoms with Crippen LogP contribution in [-0.4, -0.2) is 34.1 Å².